The number of hydrogen-bond acceptors (Lipinski definition) is 0. The fourth-order valence-corrected chi connectivity index (χ4v) is 6.27. The molecule has 0 nitrogen and oxygen atoms in total. The van der Waals surface area contributed by atoms with Gasteiger partial charge in [-0.05, 0) is 47.9 Å². The molecule has 1 fully saturated rings. The SMILES string of the molecule is C=C=C(C[C@H]1CCC[C@@H]1CC(=C=C)[Si](C)(C)C)[Si](C)(C)C. The average Bonchev–Trinajstić information content (AvgIpc) is 2.77. The van der Waals surface area contributed by atoms with Crippen molar-refractivity contribution in [3.8, 4) is 0 Å². The summed E-state index contributed by atoms with van der Waals surface area (Å²) in [6.45, 7) is 22.4. The molecule has 118 valence electrons. The van der Waals surface area contributed by atoms with Gasteiger partial charge in [0.25, 0.3) is 0 Å². The number of hydrogen-bond donors (Lipinski definition) is 0. The Labute approximate surface area is 134 Å². The third-order valence-corrected chi connectivity index (χ3v) is 9.37. The van der Waals surface area contributed by atoms with Crippen LogP contribution in [0.4, 0.5) is 0 Å². The molecule has 0 amide bonds. The van der Waals surface area contributed by atoms with Crippen LogP contribution in [0.25, 0.3) is 0 Å². The lowest BCUT2D eigenvalue weighted by Gasteiger charge is -2.28. The monoisotopic (exact) mass is 318 g/mol. The van der Waals surface area contributed by atoms with Crippen molar-refractivity contribution in [3.05, 3.63) is 35.0 Å². The average molecular weight is 319 g/mol. The van der Waals surface area contributed by atoms with Crippen molar-refractivity contribution in [2.24, 2.45) is 11.8 Å². The topological polar surface area (TPSA) is 0 Å². The minimum absolute atomic E-state index is 0.834. The van der Waals surface area contributed by atoms with Crippen molar-refractivity contribution in [3.63, 3.8) is 0 Å². The molecule has 1 rings (SSSR count). The molecule has 0 unspecified atom stereocenters. The standard InChI is InChI=1S/C19H34Si2/c1-9-18(20(3,4)5)14-16-12-11-13-17(16)15-19(10-2)21(6,7)8/h16-17H,1-2,11-15H2,3-8H3/t16-,17-/m1/s1. The van der Waals surface area contributed by atoms with E-state index in [1.807, 2.05) is 0 Å². The second-order valence-electron chi connectivity index (χ2n) is 8.67. The Morgan fingerprint density at radius 2 is 1.14 bits per heavy atom. The van der Waals surface area contributed by atoms with Gasteiger partial charge in [0.15, 0.2) is 0 Å². The van der Waals surface area contributed by atoms with Gasteiger partial charge in [-0.25, -0.2) is 0 Å². The summed E-state index contributed by atoms with van der Waals surface area (Å²) >= 11 is 0. The first-order valence-electron chi connectivity index (χ1n) is 8.38. The van der Waals surface area contributed by atoms with Crippen molar-refractivity contribution < 1.29 is 0 Å². The molecule has 0 bridgehead atoms. The van der Waals surface area contributed by atoms with Crippen LogP contribution >= 0.6 is 0 Å². The van der Waals surface area contributed by atoms with Crippen LogP contribution in [-0.2, 0) is 0 Å². The van der Waals surface area contributed by atoms with Crippen LogP contribution in [0.2, 0.25) is 39.3 Å². The highest BCUT2D eigenvalue weighted by molar-refractivity contribution is 6.83. The van der Waals surface area contributed by atoms with Gasteiger partial charge in [-0.2, -0.15) is 0 Å². The van der Waals surface area contributed by atoms with Crippen LogP contribution in [0.3, 0.4) is 0 Å². The van der Waals surface area contributed by atoms with Gasteiger partial charge in [-0.3, -0.25) is 0 Å². The van der Waals surface area contributed by atoms with Gasteiger partial charge in [0, 0.05) is 0 Å². The summed E-state index contributed by atoms with van der Waals surface area (Å²) in [6, 6.07) is 0. The lowest BCUT2D eigenvalue weighted by atomic mass is 9.90. The molecule has 0 aromatic carbocycles. The van der Waals surface area contributed by atoms with E-state index < -0.39 is 16.1 Å². The molecule has 0 spiro atoms. The molecule has 1 saturated carbocycles. The van der Waals surface area contributed by atoms with Crippen LogP contribution in [-0.4, -0.2) is 16.1 Å². The molecule has 2 atom stereocenters. The molecule has 0 aromatic heterocycles. The van der Waals surface area contributed by atoms with Gasteiger partial charge < -0.3 is 0 Å². The summed E-state index contributed by atoms with van der Waals surface area (Å²) in [6.07, 6.45) is 6.63. The summed E-state index contributed by atoms with van der Waals surface area (Å²) in [4.78, 5) is 0. The van der Waals surface area contributed by atoms with E-state index in [4.69, 9.17) is 0 Å². The van der Waals surface area contributed by atoms with Gasteiger partial charge in [-0.15, -0.1) is 11.5 Å². The lowest BCUT2D eigenvalue weighted by Crippen LogP contribution is -2.28. The van der Waals surface area contributed by atoms with E-state index in [1.54, 1.807) is 0 Å². The van der Waals surface area contributed by atoms with Gasteiger partial charge in [0.2, 0.25) is 0 Å². The zero-order chi connectivity index (χ0) is 16.3. The Morgan fingerprint density at radius 1 is 0.810 bits per heavy atom. The van der Waals surface area contributed by atoms with Crippen molar-refractivity contribution in [1.82, 2.24) is 0 Å². The maximum atomic E-state index is 3.96. The van der Waals surface area contributed by atoms with Crippen LogP contribution in [0, 0.1) is 11.8 Å². The van der Waals surface area contributed by atoms with E-state index in [0.29, 0.717) is 0 Å². The van der Waals surface area contributed by atoms with E-state index in [-0.39, 0.29) is 0 Å². The Hall–Kier alpha value is -0.526. The molecule has 0 saturated heterocycles. The van der Waals surface area contributed by atoms with Crippen LogP contribution < -0.4 is 0 Å². The maximum Gasteiger partial charge on any atom is 0.0823 e. The van der Waals surface area contributed by atoms with Crippen molar-refractivity contribution >= 4 is 16.1 Å². The highest BCUT2D eigenvalue weighted by Crippen LogP contribution is 2.41. The summed E-state index contributed by atoms with van der Waals surface area (Å²) in [5, 5.41) is 3.08. The number of allylic oxidation sites excluding steroid dienone is 2. The second-order valence-corrected chi connectivity index (χ2v) is 18.9. The van der Waals surface area contributed by atoms with Gasteiger partial charge in [0.05, 0.1) is 16.1 Å². The lowest BCUT2D eigenvalue weighted by molar-refractivity contribution is 0.389. The number of rotatable bonds is 6. The predicted octanol–water partition coefficient (Wildman–Crippen LogP) is 6.36. The van der Waals surface area contributed by atoms with E-state index in [1.165, 1.54) is 42.5 Å². The second kappa shape index (κ2) is 7.16. The molecule has 0 aromatic rings. The zero-order valence-corrected chi connectivity index (χ0v) is 17.1. The molecular weight excluding hydrogens is 284 g/mol. The van der Waals surface area contributed by atoms with Crippen LogP contribution in [0.15, 0.2) is 35.0 Å². The first-order valence-corrected chi connectivity index (χ1v) is 15.4. The Balaban J connectivity index is 2.82. The molecule has 1 aliphatic rings. The van der Waals surface area contributed by atoms with Crippen molar-refractivity contribution in [2.45, 2.75) is 71.4 Å². The first kappa shape index (κ1) is 18.5. The molecule has 0 radical (unpaired) electrons. The Bertz CT molecular complexity index is 417. The minimum Gasteiger partial charge on any atom is -0.134 e. The molecule has 2 heteroatoms. The molecule has 0 N–H and O–H groups in total. The molecule has 0 heterocycles. The zero-order valence-electron chi connectivity index (χ0n) is 15.1. The highest BCUT2D eigenvalue weighted by atomic mass is 28.3. The normalized spacial score (nSPS) is 22.6. The highest BCUT2D eigenvalue weighted by Gasteiger charge is 2.33. The van der Waals surface area contributed by atoms with Gasteiger partial charge in [-0.1, -0.05) is 58.9 Å². The largest absolute Gasteiger partial charge is 0.134 e. The van der Waals surface area contributed by atoms with Crippen LogP contribution in [0.5, 0.6) is 0 Å². The molecular formula is C19H34Si2. The van der Waals surface area contributed by atoms with E-state index in [2.05, 4.69) is 63.9 Å². The van der Waals surface area contributed by atoms with Crippen molar-refractivity contribution in [2.75, 3.05) is 0 Å². The summed E-state index contributed by atoms with van der Waals surface area (Å²) in [7, 11) is -2.50. The minimum atomic E-state index is -1.25. The molecule has 0 aliphatic heterocycles. The van der Waals surface area contributed by atoms with E-state index in [0.717, 1.165) is 11.8 Å². The maximum absolute atomic E-state index is 3.96. The third kappa shape index (κ3) is 5.31. The van der Waals surface area contributed by atoms with Gasteiger partial charge in [0.1, 0.15) is 0 Å². The summed E-state index contributed by atoms with van der Waals surface area (Å²) in [5.41, 5.74) is 6.58. The summed E-state index contributed by atoms with van der Waals surface area (Å²) in [5.74, 6) is 1.67. The molecule has 1 aliphatic carbocycles. The Kier molecular flexibility index (Phi) is 6.31. The fraction of sp³-hybridized carbons (Fsp3) is 0.684. The predicted molar refractivity (Wildman–Crippen MR) is 102 cm³/mol. The quantitative estimate of drug-likeness (QED) is 0.395. The fourth-order valence-electron chi connectivity index (χ4n) is 3.46. The van der Waals surface area contributed by atoms with Crippen molar-refractivity contribution in [1.29, 1.82) is 0 Å². The van der Waals surface area contributed by atoms with Crippen LogP contribution in [0.1, 0.15) is 32.1 Å². The third-order valence-electron chi connectivity index (χ3n) is 4.99. The first-order chi connectivity index (χ1) is 9.59. The Morgan fingerprint density at radius 3 is 1.38 bits per heavy atom. The summed E-state index contributed by atoms with van der Waals surface area (Å²) < 4.78 is 0. The van der Waals surface area contributed by atoms with Gasteiger partial charge >= 0.3 is 0 Å². The van der Waals surface area contributed by atoms with E-state index in [9.17, 15) is 0 Å². The van der Waals surface area contributed by atoms with E-state index >= 15 is 0 Å². The smallest absolute Gasteiger partial charge is 0.0823 e. The molecule has 21 heavy (non-hydrogen) atoms.